The van der Waals surface area contributed by atoms with Gasteiger partial charge in [-0.25, -0.2) is 4.98 Å². The lowest BCUT2D eigenvalue weighted by molar-refractivity contribution is -0.384. The topological polar surface area (TPSA) is 68.1 Å². The normalized spacial score (nSPS) is 10.5. The number of non-ortho nitro benzene ring substituents is 1. The molecule has 0 unspecified atom stereocenters. The zero-order valence-electron chi connectivity index (χ0n) is 9.92. The Labute approximate surface area is 109 Å². The lowest BCUT2D eigenvalue weighted by Crippen LogP contribution is -2.11. The summed E-state index contributed by atoms with van der Waals surface area (Å²) in [6.45, 7) is 3.31. The maximum Gasteiger partial charge on any atom is 0.269 e. The van der Waals surface area contributed by atoms with Crippen molar-refractivity contribution in [3.8, 4) is 0 Å². The summed E-state index contributed by atoms with van der Waals surface area (Å²) in [5, 5.41) is 14.9. The van der Waals surface area contributed by atoms with Crippen LogP contribution in [0.2, 0.25) is 0 Å². The molecule has 0 aliphatic carbocycles. The zero-order valence-corrected chi connectivity index (χ0v) is 10.7. The molecule has 0 atom stereocenters. The number of hydrogen-bond donors (Lipinski definition) is 1. The van der Waals surface area contributed by atoms with Gasteiger partial charge in [0.25, 0.3) is 5.69 Å². The van der Waals surface area contributed by atoms with Gasteiger partial charge in [0.2, 0.25) is 0 Å². The summed E-state index contributed by atoms with van der Waals surface area (Å²) in [5.41, 5.74) is 1.04. The summed E-state index contributed by atoms with van der Waals surface area (Å²) in [4.78, 5) is 15.6. The van der Waals surface area contributed by atoms with Crippen LogP contribution in [0.4, 0.5) is 5.69 Å². The number of benzene rings is 1. The minimum absolute atomic E-state index is 0.128. The first kappa shape index (κ1) is 12.7. The first-order valence-corrected chi connectivity index (χ1v) is 6.32. The number of nitrogens with one attached hydrogen (secondary N) is 1. The molecule has 1 aromatic carbocycles. The van der Waals surface area contributed by atoms with Crippen molar-refractivity contribution < 1.29 is 4.92 Å². The molecule has 0 radical (unpaired) electrons. The number of aromatic nitrogens is 1. The van der Waals surface area contributed by atoms with Gasteiger partial charge in [-0.3, -0.25) is 10.1 Å². The molecule has 2 rings (SSSR count). The van der Waals surface area contributed by atoms with Crippen molar-refractivity contribution in [1.82, 2.24) is 10.3 Å². The smallest absolute Gasteiger partial charge is 0.269 e. The van der Waals surface area contributed by atoms with Crippen molar-refractivity contribution in [3.63, 3.8) is 0 Å². The quantitative estimate of drug-likeness (QED) is 0.665. The van der Waals surface area contributed by atoms with Crippen LogP contribution in [0.5, 0.6) is 0 Å². The van der Waals surface area contributed by atoms with E-state index in [0.717, 1.165) is 22.0 Å². The summed E-state index contributed by atoms with van der Waals surface area (Å²) in [6.07, 6.45) is 1.85. The third-order valence-corrected chi connectivity index (χ3v) is 3.33. The predicted molar refractivity (Wildman–Crippen MR) is 70.5 cm³/mol. The van der Waals surface area contributed by atoms with E-state index in [9.17, 15) is 10.1 Å². The van der Waals surface area contributed by atoms with Crippen LogP contribution in [0.3, 0.4) is 0 Å². The predicted octanol–water partition coefficient (Wildman–Crippen LogP) is 2.65. The van der Waals surface area contributed by atoms with E-state index in [1.54, 1.807) is 23.5 Å². The van der Waals surface area contributed by atoms with E-state index in [-0.39, 0.29) is 10.6 Å². The molecule has 1 aromatic heterocycles. The van der Waals surface area contributed by atoms with E-state index in [4.69, 9.17) is 0 Å². The highest BCUT2D eigenvalue weighted by atomic mass is 32.1. The van der Waals surface area contributed by atoms with Crippen LogP contribution in [0.25, 0.3) is 0 Å². The molecule has 0 aliphatic rings. The van der Waals surface area contributed by atoms with Gasteiger partial charge in [0.05, 0.1) is 9.93 Å². The molecular formula is C12H13N3O2S. The molecule has 0 saturated heterocycles. The first-order chi connectivity index (χ1) is 8.65. The van der Waals surface area contributed by atoms with Gasteiger partial charge in [-0.2, -0.15) is 0 Å². The Kier molecular flexibility index (Phi) is 4.01. The van der Waals surface area contributed by atoms with Crippen LogP contribution in [-0.4, -0.2) is 9.91 Å². The summed E-state index contributed by atoms with van der Waals surface area (Å²) in [6, 6.07) is 6.66. The van der Waals surface area contributed by atoms with Crippen molar-refractivity contribution in [3.05, 3.63) is 56.0 Å². The highest BCUT2D eigenvalue weighted by Gasteiger charge is 2.05. The number of aryl methyl sites for hydroxylation is 1. The Balaban J connectivity index is 1.90. The fourth-order valence-electron chi connectivity index (χ4n) is 1.60. The Morgan fingerprint density at radius 1 is 1.44 bits per heavy atom. The second-order valence-electron chi connectivity index (χ2n) is 3.88. The van der Waals surface area contributed by atoms with Crippen LogP contribution in [0, 0.1) is 17.0 Å². The second-order valence-corrected chi connectivity index (χ2v) is 5.20. The van der Waals surface area contributed by atoms with E-state index in [0.29, 0.717) is 6.54 Å². The molecule has 6 heteroatoms. The van der Waals surface area contributed by atoms with Crippen molar-refractivity contribution in [2.45, 2.75) is 20.0 Å². The largest absolute Gasteiger partial charge is 0.308 e. The van der Waals surface area contributed by atoms with E-state index >= 15 is 0 Å². The minimum atomic E-state index is -0.379. The molecule has 1 N–H and O–H groups in total. The number of nitrogens with zero attached hydrogens (tertiary/aromatic N) is 2. The molecule has 5 nitrogen and oxygen atoms in total. The van der Waals surface area contributed by atoms with Crippen LogP contribution in [0.15, 0.2) is 30.5 Å². The van der Waals surface area contributed by atoms with E-state index in [1.165, 1.54) is 6.07 Å². The number of rotatable bonds is 5. The van der Waals surface area contributed by atoms with Crippen molar-refractivity contribution in [1.29, 1.82) is 0 Å². The van der Waals surface area contributed by atoms with Gasteiger partial charge in [-0.05, 0) is 12.5 Å². The average Bonchev–Trinajstić information content (AvgIpc) is 2.75. The van der Waals surface area contributed by atoms with Crippen LogP contribution in [-0.2, 0) is 13.1 Å². The maximum absolute atomic E-state index is 10.6. The van der Waals surface area contributed by atoms with E-state index in [2.05, 4.69) is 10.3 Å². The van der Waals surface area contributed by atoms with Gasteiger partial charge in [0, 0.05) is 36.3 Å². The Bertz CT molecular complexity index is 554. The molecule has 18 heavy (non-hydrogen) atoms. The van der Waals surface area contributed by atoms with Gasteiger partial charge in [0.15, 0.2) is 0 Å². The number of nitro benzene ring substituents is 1. The van der Waals surface area contributed by atoms with Crippen molar-refractivity contribution in [2.75, 3.05) is 0 Å². The number of thiazole rings is 1. The van der Waals surface area contributed by atoms with Gasteiger partial charge >= 0.3 is 0 Å². The molecule has 1 heterocycles. The molecule has 94 valence electrons. The lowest BCUT2D eigenvalue weighted by Gasteiger charge is -2.02. The van der Waals surface area contributed by atoms with Crippen molar-refractivity contribution >= 4 is 17.0 Å². The number of nitro groups is 1. The maximum atomic E-state index is 10.6. The lowest BCUT2D eigenvalue weighted by atomic mass is 10.2. The zero-order chi connectivity index (χ0) is 13.0. The third kappa shape index (κ3) is 3.35. The molecule has 0 spiro atoms. The molecule has 2 aromatic rings. The third-order valence-electron chi connectivity index (χ3n) is 2.42. The van der Waals surface area contributed by atoms with Crippen LogP contribution < -0.4 is 5.32 Å². The summed E-state index contributed by atoms with van der Waals surface area (Å²) in [5.74, 6) is 0. The molecule has 0 amide bonds. The van der Waals surface area contributed by atoms with Gasteiger partial charge in [-0.15, -0.1) is 11.3 Å². The highest BCUT2D eigenvalue weighted by molar-refractivity contribution is 7.11. The monoisotopic (exact) mass is 263 g/mol. The van der Waals surface area contributed by atoms with E-state index < -0.39 is 0 Å². The molecular weight excluding hydrogens is 250 g/mol. The second kappa shape index (κ2) is 5.70. The number of hydrogen-bond acceptors (Lipinski definition) is 5. The van der Waals surface area contributed by atoms with Gasteiger partial charge in [-0.1, -0.05) is 12.1 Å². The first-order valence-electron chi connectivity index (χ1n) is 5.50. The summed E-state index contributed by atoms with van der Waals surface area (Å²) in [7, 11) is 0. The summed E-state index contributed by atoms with van der Waals surface area (Å²) >= 11 is 1.65. The fraction of sp³-hybridized carbons (Fsp3) is 0.250. The Morgan fingerprint density at radius 3 is 2.94 bits per heavy atom. The Hall–Kier alpha value is -1.79. The molecule has 0 saturated carbocycles. The van der Waals surface area contributed by atoms with Gasteiger partial charge < -0.3 is 5.32 Å². The fourth-order valence-corrected chi connectivity index (χ4v) is 2.36. The van der Waals surface area contributed by atoms with E-state index in [1.807, 2.05) is 19.2 Å². The Morgan fingerprint density at radius 2 is 2.28 bits per heavy atom. The minimum Gasteiger partial charge on any atom is -0.308 e. The standard InChI is InChI=1S/C12H13N3O2S/c1-9-14-8-12(18-9)7-13-6-10-3-2-4-11(5-10)15(16)17/h2-5,8,13H,6-7H2,1H3. The highest BCUT2D eigenvalue weighted by Crippen LogP contribution is 2.14. The van der Waals surface area contributed by atoms with Crippen LogP contribution in [0.1, 0.15) is 15.4 Å². The average molecular weight is 263 g/mol. The van der Waals surface area contributed by atoms with Crippen molar-refractivity contribution in [2.24, 2.45) is 0 Å². The SMILES string of the molecule is Cc1ncc(CNCc2cccc([N+](=O)[O-])c2)s1. The van der Waals surface area contributed by atoms with Gasteiger partial charge in [0.1, 0.15) is 0 Å². The summed E-state index contributed by atoms with van der Waals surface area (Å²) < 4.78 is 0. The molecule has 0 bridgehead atoms. The van der Waals surface area contributed by atoms with Crippen LogP contribution >= 0.6 is 11.3 Å². The molecule has 0 aliphatic heterocycles. The molecule has 0 fully saturated rings.